The monoisotopic (exact) mass is 495 g/mol. The van der Waals surface area contributed by atoms with E-state index in [0.29, 0.717) is 22.4 Å². The van der Waals surface area contributed by atoms with Crippen LogP contribution in [0.25, 0.3) is 10.2 Å². The minimum atomic E-state index is -0.113. The summed E-state index contributed by atoms with van der Waals surface area (Å²) in [4.78, 5) is 22.0. The van der Waals surface area contributed by atoms with Crippen molar-refractivity contribution in [3.05, 3.63) is 52.5 Å². The van der Waals surface area contributed by atoms with E-state index in [9.17, 15) is 4.79 Å². The van der Waals surface area contributed by atoms with Crippen LogP contribution >= 0.6 is 35.3 Å². The number of hydrogen-bond acceptors (Lipinski definition) is 6. The number of ether oxygens (including phenoxy) is 2. The van der Waals surface area contributed by atoms with E-state index < -0.39 is 0 Å². The molecule has 0 atom stereocenters. The maximum absolute atomic E-state index is 13.2. The van der Waals surface area contributed by atoms with Crippen LogP contribution in [-0.4, -0.2) is 61.8 Å². The summed E-state index contributed by atoms with van der Waals surface area (Å²) in [7, 11) is 0. The first-order valence-corrected chi connectivity index (χ1v) is 11.6. The molecule has 1 saturated heterocycles. The average Bonchev–Trinajstić information content (AvgIpc) is 3.17. The van der Waals surface area contributed by atoms with Gasteiger partial charge in [-0.3, -0.25) is 14.6 Å². The zero-order chi connectivity index (χ0) is 21.8. The number of benzene rings is 2. The summed E-state index contributed by atoms with van der Waals surface area (Å²) < 4.78 is 12.2. The first-order valence-electron chi connectivity index (χ1n) is 10.4. The molecule has 0 bridgehead atoms. The van der Waals surface area contributed by atoms with Gasteiger partial charge in [0.1, 0.15) is 5.75 Å². The fourth-order valence-corrected chi connectivity index (χ4v) is 5.04. The number of thiazole rings is 1. The smallest absolute Gasteiger partial charge is 0.266 e. The van der Waals surface area contributed by atoms with Crippen LogP contribution in [0.4, 0.5) is 5.13 Å². The molecule has 1 amide bonds. The van der Waals surface area contributed by atoms with Crippen molar-refractivity contribution in [2.75, 3.05) is 50.9 Å². The Morgan fingerprint density at radius 3 is 2.78 bits per heavy atom. The SMILES string of the molecule is Cc1cccc(OCC(=O)N(CCN2CCOCC2)c2nc3c(C)cc(Cl)cc3s2)c1.Cl. The number of rotatable bonds is 7. The molecule has 4 rings (SSSR count). The Bertz CT molecular complexity index is 1070. The highest BCUT2D eigenvalue weighted by molar-refractivity contribution is 7.22. The molecule has 0 radical (unpaired) electrons. The predicted octanol–water partition coefficient (Wildman–Crippen LogP) is 4.73. The van der Waals surface area contributed by atoms with Gasteiger partial charge < -0.3 is 9.47 Å². The second-order valence-corrected chi connectivity index (χ2v) is 9.12. The molecular formula is C23H27Cl2N3O3S. The number of carbonyl (C=O) groups excluding carboxylic acids is 1. The summed E-state index contributed by atoms with van der Waals surface area (Å²) in [6.07, 6.45) is 0. The quantitative estimate of drug-likeness (QED) is 0.474. The fourth-order valence-electron chi connectivity index (χ4n) is 3.58. The highest BCUT2D eigenvalue weighted by atomic mass is 35.5. The maximum Gasteiger partial charge on any atom is 0.266 e. The average molecular weight is 496 g/mol. The van der Waals surface area contributed by atoms with Gasteiger partial charge in [-0.15, -0.1) is 12.4 Å². The van der Waals surface area contributed by atoms with Crippen LogP contribution in [0.15, 0.2) is 36.4 Å². The van der Waals surface area contributed by atoms with Crippen LogP contribution in [0, 0.1) is 13.8 Å². The van der Waals surface area contributed by atoms with Gasteiger partial charge in [0.25, 0.3) is 5.91 Å². The van der Waals surface area contributed by atoms with Gasteiger partial charge in [-0.25, -0.2) is 4.98 Å². The highest BCUT2D eigenvalue weighted by Crippen LogP contribution is 2.33. The third kappa shape index (κ3) is 6.11. The van der Waals surface area contributed by atoms with Crippen LogP contribution in [0.1, 0.15) is 11.1 Å². The zero-order valence-electron chi connectivity index (χ0n) is 18.2. The Morgan fingerprint density at radius 1 is 1.25 bits per heavy atom. The zero-order valence-corrected chi connectivity index (χ0v) is 20.6. The van der Waals surface area contributed by atoms with Crippen LogP contribution in [0.5, 0.6) is 5.75 Å². The number of halogens is 2. The van der Waals surface area contributed by atoms with E-state index >= 15 is 0 Å². The lowest BCUT2D eigenvalue weighted by atomic mass is 10.2. The second kappa shape index (κ2) is 11.3. The molecule has 9 heteroatoms. The number of fused-ring (bicyclic) bond motifs is 1. The van der Waals surface area contributed by atoms with Gasteiger partial charge in [0.15, 0.2) is 11.7 Å². The van der Waals surface area contributed by atoms with E-state index in [0.717, 1.165) is 54.2 Å². The summed E-state index contributed by atoms with van der Waals surface area (Å²) in [5.41, 5.74) is 2.97. The number of amides is 1. The lowest BCUT2D eigenvalue weighted by Crippen LogP contribution is -2.44. The number of aryl methyl sites for hydroxylation is 2. The Morgan fingerprint density at radius 2 is 2.03 bits per heavy atom. The van der Waals surface area contributed by atoms with Crippen molar-refractivity contribution < 1.29 is 14.3 Å². The van der Waals surface area contributed by atoms with Crippen molar-refractivity contribution in [1.82, 2.24) is 9.88 Å². The molecule has 1 fully saturated rings. The summed E-state index contributed by atoms with van der Waals surface area (Å²) >= 11 is 7.71. The molecule has 0 unspecified atom stereocenters. The Balaban J connectivity index is 0.00000289. The summed E-state index contributed by atoms with van der Waals surface area (Å²) in [6.45, 7) is 8.44. The lowest BCUT2D eigenvalue weighted by molar-refractivity contribution is -0.120. The van der Waals surface area contributed by atoms with Crippen molar-refractivity contribution in [1.29, 1.82) is 0 Å². The molecule has 0 N–H and O–H groups in total. The third-order valence-corrected chi connectivity index (χ3v) is 6.51. The van der Waals surface area contributed by atoms with Crippen LogP contribution < -0.4 is 9.64 Å². The van der Waals surface area contributed by atoms with Gasteiger partial charge in [-0.2, -0.15) is 0 Å². The van der Waals surface area contributed by atoms with E-state index in [1.807, 2.05) is 50.2 Å². The number of nitrogens with zero attached hydrogens (tertiary/aromatic N) is 3. The first kappa shape index (κ1) is 24.7. The van der Waals surface area contributed by atoms with Crippen LogP contribution in [0.2, 0.25) is 5.02 Å². The number of hydrogen-bond donors (Lipinski definition) is 0. The summed E-state index contributed by atoms with van der Waals surface area (Å²) in [5.74, 6) is 0.575. The van der Waals surface area contributed by atoms with E-state index in [1.165, 1.54) is 11.3 Å². The predicted molar refractivity (Wildman–Crippen MR) is 133 cm³/mol. The van der Waals surface area contributed by atoms with Gasteiger partial charge in [0.05, 0.1) is 23.4 Å². The Labute approximate surface area is 203 Å². The first-order chi connectivity index (χ1) is 15.0. The van der Waals surface area contributed by atoms with Gasteiger partial charge in [0, 0.05) is 31.2 Å². The van der Waals surface area contributed by atoms with Crippen molar-refractivity contribution in [2.24, 2.45) is 0 Å². The molecule has 32 heavy (non-hydrogen) atoms. The third-order valence-electron chi connectivity index (χ3n) is 5.27. The minimum Gasteiger partial charge on any atom is -0.484 e. The molecule has 6 nitrogen and oxygen atoms in total. The van der Waals surface area contributed by atoms with Crippen molar-refractivity contribution in [3.63, 3.8) is 0 Å². The number of anilines is 1. The Kier molecular flexibility index (Phi) is 8.73. The van der Waals surface area contributed by atoms with E-state index in [1.54, 1.807) is 4.90 Å². The normalized spacial score (nSPS) is 14.2. The lowest BCUT2D eigenvalue weighted by Gasteiger charge is -2.29. The van der Waals surface area contributed by atoms with Crippen molar-refractivity contribution >= 4 is 56.6 Å². The molecule has 172 valence electrons. The molecule has 2 heterocycles. The van der Waals surface area contributed by atoms with Gasteiger partial charge in [0.2, 0.25) is 0 Å². The molecule has 2 aromatic carbocycles. The van der Waals surface area contributed by atoms with Crippen molar-refractivity contribution in [2.45, 2.75) is 13.8 Å². The van der Waals surface area contributed by atoms with E-state index in [4.69, 9.17) is 26.1 Å². The highest BCUT2D eigenvalue weighted by Gasteiger charge is 2.22. The second-order valence-electron chi connectivity index (χ2n) is 7.67. The number of carbonyl (C=O) groups is 1. The van der Waals surface area contributed by atoms with Crippen LogP contribution in [-0.2, 0) is 9.53 Å². The summed E-state index contributed by atoms with van der Waals surface area (Å²) in [5, 5.41) is 1.35. The molecule has 0 aliphatic carbocycles. The van der Waals surface area contributed by atoms with Crippen molar-refractivity contribution in [3.8, 4) is 5.75 Å². The van der Waals surface area contributed by atoms with E-state index in [-0.39, 0.29) is 24.9 Å². The largest absolute Gasteiger partial charge is 0.484 e. The number of aromatic nitrogens is 1. The van der Waals surface area contributed by atoms with Gasteiger partial charge in [-0.05, 0) is 49.2 Å². The standard InChI is InChI=1S/C23H26ClN3O3S.ClH/c1-16-4-3-5-19(12-16)30-15-21(28)27(7-6-26-8-10-29-11-9-26)23-25-22-17(2)13-18(24)14-20(22)31-23;/h3-5,12-14H,6-11,15H2,1-2H3;1H. The summed E-state index contributed by atoms with van der Waals surface area (Å²) in [6, 6.07) is 11.5. The molecular weight excluding hydrogens is 469 g/mol. The maximum atomic E-state index is 13.2. The molecule has 1 aliphatic rings. The van der Waals surface area contributed by atoms with E-state index in [2.05, 4.69) is 4.90 Å². The minimum absolute atomic E-state index is 0. The van der Waals surface area contributed by atoms with Gasteiger partial charge >= 0.3 is 0 Å². The molecule has 0 saturated carbocycles. The van der Waals surface area contributed by atoms with Gasteiger partial charge in [-0.1, -0.05) is 35.1 Å². The molecule has 3 aromatic rings. The molecule has 1 aliphatic heterocycles. The number of morpholine rings is 1. The fraction of sp³-hybridized carbons (Fsp3) is 0.391. The Hall–Kier alpha value is -1.90. The van der Waals surface area contributed by atoms with Crippen LogP contribution in [0.3, 0.4) is 0 Å². The molecule has 0 spiro atoms. The molecule has 1 aromatic heterocycles. The topological polar surface area (TPSA) is 54.9 Å².